The van der Waals surface area contributed by atoms with E-state index in [-0.39, 0.29) is 36.8 Å². The van der Waals surface area contributed by atoms with E-state index in [4.69, 9.17) is 5.73 Å². The van der Waals surface area contributed by atoms with Gasteiger partial charge in [0.2, 0.25) is 0 Å². The maximum absolute atomic E-state index is 12.8. The van der Waals surface area contributed by atoms with Gasteiger partial charge in [-0.1, -0.05) is 29.5 Å². The molecule has 0 aliphatic carbocycles. The number of nitrogens with two attached hydrogens (primary N) is 1. The number of hydrogen-bond donors (Lipinski definition) is 2. The van der Waals surface area contributed by atoms with Gasteiger partial charge in [-0.15, -0.1) is 36.2 Å². The third-order valence-electron chi connectivity index (χ3n) is 4.90. The minimum absolute atomic E-state index is 0. The van der Waals surface area contributed by atoms with E-state index in [1.165, 1.54) is 11.3 Å². The standard InChI is InChI=1S/C19H22N4OS2.2ClH/c1-12(20)13-7-9-23(10-8-13)18(24)16-11-15-17(25-16)22-19(26-15)21-14-5-3-2-4-6-14;;/h2-6,11-13H,7-10,20H2,1H3,(H,21,22);2*1H. The summed E-state index contributed by atoms with van der Waals surface area (Å²) in [6.45, 7) is 3.65. The molecule has 3 heterocycles. The van der Waals surface area contributed by atoms with Gasteiger partial charge in [-0.2, -0.15) is 0 Å². The fraction of sp³-hybridized carbons (Fsp3) is 0.368. The van der Waals surface area contributed by atoms with Gasteiger partial charge in [0, 0.05) is 24.8 Å². The lowest BCUT2D eigenvalue weighted by Crippen LogP contribution is -2.42. The summed E-state index contributed by atoms with van der Waals surface area (Å²) in [5.41, 5.74) is 7.01. The molecule has 4 rings (SSSR count). The van der Waals surface area contributed by atoms with Crippen molar-refractivity contribution in [2.24, 2.45) is 11.7 Å². The molecule has 1 saturated heterocycles. The summed E-state index contributed by atoms with van der Waals surface area (Å²) in [7, 11) is 0. The van der Waals surface area contributed by atoms with Gasteiger partial charge < -0.3 is 16.0 Å². The highest BCUT2D eigenvalue weighted by Gasteiger charge is 2.26. The van der Waals surface area contributed by atoms with Crippen molar-refractivity contribution >= 4 is 73.7 Å². The molecule has 3 N–H and O–H groups in total. The molecule has 2 aromatic heterocycles. The summed E-state index contributed by atoms with van der Waals surface area (Å²) in [5, 5.41) is 4.17. The Morgan fingerprint density at radius 1 is 1.21 bits per heavy atom. The summed E-state index contributed by atoms with van der Waals surface area (Å²) >= 11 is 3.06. The molecule has 1 aliphatic rings. The summed E-state index contributed by atoms with van der Waals surface area (Å²) in [6.07, 6.45) is 1.99. The smallest absolute Gasteiger partial charge is 0.264 e. The van der Waals surface area contributed by atoms with Crippen LogP contribution in [0.3, 0.4) is 0 Å². The molecule has 1 aromatic carbocycles. The van der Waals surface area contributed by atoms with Crippen LogP contribution in [0.2, 0.25) is 0 Å². The number of carbonyl (C=O) groups excluding carboxylic acids is 1. The molecule has 0 radical (unpaired) electrons. The molecule has 9 heteroatoms. The average Bonchev–Trinajstić information content (AvgIpc) is 3.20. The Kier molecular flexibility index (Phi) is 8.09. The molecule has 1 atom stereocenters. The molecule has 1 amide bonds. The minimum atomic E-state index is 0. The molecule has 152 valence electrons. The van der Waals surface area contributed by atoms with Crippen LogP contribution in [0.5, 0.6) is 0 Å². The number of thiazole rings is 1. The van der Waals surface area contributed by atoms with Crippen molar-refractivity contribution in [1.82, 2.24) is 9.88 Å². The third kappa shape index (κ3) is 4.96. The second-order valence-electron chi connectivity index (χ2n) is 6.78. The Morgan fingerprint density at radius 3 is 2.50 bits per heavy atom. The van der Waals surface area contributed by atoms with E-state index in [0.717, 1.165) is 51.2 Å². The first kappa shape index (κ1) is 22.9. The number of nitrogens with zero attached hydrogens (tertiary/aromatic N) is 2. The molecule has 3 aromatic rings. The number of anilines is 2. The molecule has 1 fully saturated rings. The van der Waals surface area contributed by atoms with Crippen LogP contribution >= 0.6 is 47.5 Å². The maximum Gasteiger partial charge on any atom is 0.264 e. The van der Waals surface area contributed by atoms with E-state index in [1.54, 1.807) is 11.3 Å². The second kappa shape index (κ2) is 9.89. The number of thiophene rings is 1. The van der Waals surface area contributed by atoms with Crippen molar-refractivity contribution in [3.63, 3.8) is 0 Å². The second-order valence-corrected chi connectivity index (χ2v) is 8.84. The lowest BCUT2D eigenvalue weighted by Gasteiger charge is -2.33. The number of likely N-dealkylation sites (tertiary alicyclic amines) is 1. The van der Waals surface area contributed by atoms with Crippen molar-refractivity contribution in [1.29, 1.82) is 0 Å². The molecule has 28 heavy (non-hydrogen) atoms. The number of nitrogens with one attached hydrogen (secondary N) is 1. The normalized spacial score (nSPS) is 15.6. The fourth-order valence-electron chi connectivity index (χ4n) is 3.32. The summed E-state index contributed by atoms with van der Waals surface area (Å²) < 4.78 is 1.06. The number of rotatable bonds is 4. The van der Waals surface area contributed by atoms with Gasteiger partial charge in [0.1, 0.15) is 4.83 Å². The molecule has 0 saturated carbocycles. The average molecular weight is 459 g/mol. The molecule has 0 bridgehead atoms. The monoisotopic (exact) mass is 458 g/mol. The van der Waals surface area contributed by atoms with E-state index < -0.39 is 0 Å². The summed E-state index contributed by atoms with van der Waals surface area (Å²) in [6, 6.07) is 12.2. The predicted octanol–water partition coefficient (Wildman–Crippen LogP) is 5.14. The summed E-state index contributed by atoms with van der Waals surface area (Å²) in [4.78, 5) is 21.1. The Bertz CT molecular complexity index is 874. The lowest BCUT2D eigenvalue weighted by atomic mass is 9.91. The van der Waals surface area contributed by atoms with Crippen LogP contribution in [-0.2, 0) is 0 Å². The number of hydrogen-bond acceptors (Lipinski definition) is 6. The van der Waals surface area contributed by atoms with Gasteiger partial charge >= 0.3 is 0 Å². The number of fused-ring (bicyclic) bond motifs is 1. The van der Waals surface area contributed by atoms with Crippen LogP contribution in [0.1, 0.15) is 29.4 Å². The van der Waals surface area contributed by atoms with E-state index >= 15 is 0 Å². The Hall–Kier alpha value is -1.38. The van der Waals surface area contributed by atoms with Crippen molar-refractivity contribution < 1.29 is 4.79 Å². The van der Waals surface area contributed by atoms with Gasteiger partial charge in [-0.05, 0) is 43.9 Å². The topological polar surface area (TPSA) is 71.2 Å². The van der Waals surface area contributed by atoms with Crippen molar-refractivity contribution in [3.8, 4) is 0 Å². The Balaban J connectivity index is 0.00000140. The van der Waals surface area contributed by atoms with Crippen molar-refractivity contribution in [2.45, 2.75) is 25.8 Å². The molecule has 0 spiro atoms. The zero-order chi connectivity index (χ0) is 18.1. The lowest BCUT2D eigenvalue weighted by molar-refractivity contribution is 0.0686. The highest BCUT2D eigenvalue weighted by atomic mass is 35.5. The van der Waals surface area contributed by atoms with Gasteiger partial charge in [-0.25, -0.2) is 4.98 Å². The number of amides is 1. The van der Waals surface area contributed by atoms with Gasteiger partial charge in [0.25, 0.3) is 5.91 Å². The van der Waals surface area contributed by atoms with Crippen LogP contribution in [0, 0.1) is 5.92 Å². The fourth-order valence-corrected chi connectivity index (χ4v) is 5.43. The van der Waals surface area contributed by atoms with E-state index in [9.17, 15) is 4.79 Å². The predicted molar refractivity (Wildman–Crippen MR) is 124 cm³/mol. The van der Waals surface area contributed by atoms with Gasteiger partial charge in [0.05, 0.1) is 9.58 Å². The van der Waals surface area contributed by atoms with Crippen molar-refractivity contribution in [3.05, 3.63) is 41.3 Å². The van der Waals surface area contributed by atoms with Crippen LogP contribution in [-0.4, -0.2) is 34.9 Å². The number of benzene rings is 1. The highest BCUT2D eigenvalue weighted by molar-refractivity contribution is 7.29. The van der Waals surface area contributed by atoms with Gasteiger partial charge in [-0.3, -0.25) is 4.79 Å². The SMILES string of the molecule is CC(N)C1CCN(C(=O)c2cc3sc(Nc4ccccc4)nc3s2)CC1.Cl.Cl. The highest BCUT2D eigenvalue weighted by Crippen LogP contribution is 2.35. The molecular weight excluding hydrogens is 435 g/mol. The Labute approximate surface area is 185 Å². The minimum Gasteiger partial charge on any atom is -0.338 e. The number of aromatic nitrogens is 1. The molecule has 1 unspecified atom stereocenters. The first-order chi connectivity index (χ1) is 12.6. The molecule has 5 nitrogen and oxygen atoms in total. The van der Waals surface area contributed by atoms with Gasteiger partial charge in [0.15, 0.2) is 5.13 Å². The van der Waals surface area contributed by atoms with Crippen LogP contribution in [0.4, 0.5) is 10.8 Å². The number of halogens is 2. The Morgan fingerprint density at radius 2 is 1.89 bits per heavy atom. The van der Waals surface area contributed by atoms with Crippen LogP contribution in [0.25, 0.3) is 9.53 Å². The largest absolute Gasteiger partial charge is 0.338 e. The van der Waals surface area contributed by atoms with E-state index in [0.29, 0.717) is 5.92 Å². The van der Waals surface area contributed by atoms with Crippen LogP contribution in [0.15, 0.2) is 36.4 Å². The van der Waals surface area contributed by atoms with Crippen molar-refractivity contribution in [2.75, 3.05) is 18.4 Å². The number of piperidine rings is 1. The van der Waals surface area contributed by atoms with Crippen LogP contribution < -0.4 is 11.1 Å². The molecular formula is C19H24Cl2N4OS2. The number of para-hydroxylation sites is 1. The maximum atomic E-state index is 12.8. The zero-order valence-electron chi connectivity index (χ0n) is 15.5. The first-order valence-electron chi connectivity index (χ1n) is 8.87. The quantitative estimate of drug-likeness (QED) is 0.567. The molecule has 1 aliphatic heterocycles. The zero-order valence-corrected chi connectivity index (χ0v) is 18.7. The third-order valence-corrected chi connectivity index (χ3v) is 6.96. The first-order valence-corrected chi connectivity index (χ1v) is 10.5. The van der Waals surface area contributed by atoms with E-state index in [2.05, 4.69) is 17.2 Å². The summed E-state index contributed by atoms with van der Waals surface area (Å²) in [5.74, 6) is 0.653. The van der Waals surface area contributed by atoms with E-state index in [1.807, 2.05) is 41.3 Å². The number of carbonyl (C=O) groups is 1.